The predicted octanol–water partition coefficient (Wildman–Crippen LogP) is 3.63. The van der Waals surface area contributed by atoms with Gasteiger partial charge in [-0.25, -0.2) is 19.7 Å². The second-order valence-corrected chi connectivity index (χ2v) is 7.11. The van der Waals surface area contributed by atoms with Gasteiger partial charge in [-0.2, -0.15) is 15.0 Å². The van der Waals surface area contributed by atoms with Crippen molar-refractivity contribution < 1.29 is 14.3 Å². The number of nitriles is 1. The van der Waals surface area contributed by atoms with Crippen LogP contribution in [0.25, 0.3) is 16.7 Å². The molecule has 3 heterocycles. The lowest BCUT2D eigenvalue weighted by Gasteiger charge is -2.14. The molecule has 10 nitrogen and oxygen atoms in total. The van der Waals surface area contributed by atoms with E-state index in [4.69, 9.17) is 14.5 Å². The summed E-state index contributed by atoms with van der Waals surface area (Å²) in [4.78, 5) is 25.6. The van der Waals surface area contributed by atoms with Gasteiger partial charge in [-0.1, -0.05) is 12.1 Å². The van der Waals surface area contributed by atoms with E-state index in [0.717, 1.165) is 10.9 Å². The van der Waals surface area contributed by atoms with E-state index < -0.39 is 5.97 Å². The number of anilines is 2. The van der Waals surface area contributed by atoms with Gasteiger partial charge in [-0.15, -0.1) is 0 Å². The van der Waals surface area contributed by atoms with Crippen LogP contribution in [0.3, 0.4) is 0 Å². The molecule has 4 aromatic rings. The van der Waals surface area contributed by atoms with Gasteiger partial charge in [-0.05, 0) is 38.5 Å². The molecule has 166 valence electrons. The Bertz CT molecular complexity index is 1410. The molecule has 3 aromatic heterocycles. The zero-order valence-electron chi connectivity index (χ0n) is 18.6. The van der Waals surface area contributed by atoms with Crippen LogP contribution in [0.4, 0.5) is 11.6 Å². The van der Waals surface area contributed by atoms with E-state index in [-0.39, 0.29) is 23.6 Å². The average molecular weight is 443 g/mol. The van der Waals surface area contributed by atoms with Crippen LogP contribution in [0.15, 0.2) is 36.7 Å². The summed E-state index contributed by atoms with van der Waals surface area (Å²) in [6.07, 6.45) is 2.81. The molecule has 33 heavy (non-hydrogen) atoms. The second kappa shape index (κ2) is 8.92. The maximum atomic E-state index is 12.4. The van der Waals surface area contributed by atoms with E-state index in [1.165, 1.54) is 17.1 Å². The summed E-state index contributed by atoms with van der Waals surface area (Å²) in [6, 6.07) is 9.66. The topological polar surface area (TPSA) is 128 Å². The molecule has 0 unspecified atom stereocenters. The number of rotatable bonds is 6. The van der Waals surface area contributed by atoms with Crippen molar-refractivity contribution in [2.24, 2.45) is 0 Å². The summed E-state index contributed by atoms with van der Waals surface area (Å²) < 4.78 is 12.1. The maximum absolute atomic E-state index is 12.4. The first-order chi connectivity index (χ1) is 16.0. The summed E-state index contributed by atoms with van der Waals surface area (Å²) in [5.74, 6) is 1.47. The lowest BCUT2D eigenvalue weighted by atomic mass is 10.1. The van der Waals surface area contributed by atoms with Gasteiger partial charge in [0.2, 0.25) is 0 Å². The Labute approximate surface area is 189 Å². The molecule has 1 aromatic carbocycles. The molecule has 0 spiro atoms. The van der Waals surface area contributed by atoms with Gasteiger partial charge in [0.25, 0.3) is 0 Å². The highest BCUT2D eigenvalue weighted by Gasteiger charge is 2.21. The number of aryl methyl sites for hydroxylation is 2. The molecule has 10 heteroatoms. The molecule has 0 fully saturated rings. The smallest absolute Gasteiger partial charge is 0.343 e. The molecular weight excluding hydrogens is 422 g/mol. The number of aromatic nitrogens is 5. The predicted molar refractivity (Wildman–Crippen MR) is 121 cm³/mol. The summed E-state index contributed by atoms with van der Waals surface area (Å²) >= 11 is 0. The molecule has 0 saturated heterocycles. The third-order valence-corrected chi connectivity index (χ3v) is 4.96. The van der Waals surface area contributed by atoms with Gasteiger partial charge in [0.1, 0.15) is 40.1 Å². The van der Waals surface area contributed by atoms with Crippen molar-refractivity contribution in [2.45, 2.75) is 20.8 Å². The molecule has 0 aliphatic rings. The Morgan fingerprint density at radius 3 is 2.79 bits per heavy atom. The van der Waals surface area contributed by atoms with E-state index in [2.05, 4.69) is 26.5 Å². The average Bonchev–Trinajstić information content (AvgIpc) is 3.21. The third-order valence-electron chi connectivity index (χ3n) is 4.96. The van der Waals surface area contributed by atoms with Crippen LogP contribution in [-0.4, -0.2) is 44.4 Å². The van der Waals surface area contributed by atoms with Crippen molar-refractivity contribution in [2.75, 3.05) is 19.0 Å². The highest BCUT2D eigenvalue weighted by molar-refractivity contribution is 5.95. The van der Waals surface area contributed by atoms with E-state index >= 15 is 0 Å². The van der Waals surface area contributed by atoms with Crippen molar-refractivity contribution in [1.82, 2.24) is 24.7 Å². The number of carbonyl (C=O) groups excluding carboxylic acids is 1. The van der Waals surface area contributed by atoms with Gasteiger partial charge < -0.3 is 14.8 Å². The summed E-state index contributed by atoms with van der Waals surface area (Å²) in [7, 11) is 1.58. The normalized spacial score (nSPS) is 10.6. The van der Waals surface area contributed by atoms with E-state index in [1.807, 2.05) is 31.2 Å². The minimum Gasteiger partial charge on any atom is -0.494 e. The fraction of sp³-hybridized carbons (Fsp3) is 0.217. The van der Waals surface area contributed by atoms with Crippen molar-refractivity contribution >= 4 is 28.5 Å². The largest absolute Gasteiger partial charge is 0.494 e. The van der Waals surface area contributed by atoms with Gasteiger partial charge in [0.05, 0.1) is 19.9 Å². The van der Waals surface area contributed by atoms with Crippen LogP contribution >= 0.6 is 0 Å². The lowest BCUT2D eigenvalue weighted by Crippen LogP contribution is -2.13. The number of methoxy groups -OCH3 is 1. The van der Waals surface area contributed by atoms with Gasteiger partial charge in [-0.3, -0.25) is 0 Å². The van der Waals surface area contributed by atoms with E-state index in [1.54, 1.807) is 21.0 Å². The number of pyridine rings is 1. The molecule has 0 saturated carbocycles. The van der Waals surface area contributed by atoms with Gasteiger partial charge in [0.15, 0.2) is 11.6 Å². The van der Waals surface area contributed by atoms with Crippen LogP contribution in [0.5, 0.6) is 5.75 Å². The van der Waals surface area contributed by atoms with Crippen molar-refractivity contribution in [3.63, 3.8) is 0 Å². The molecule has 0 aliphatic heterocycles. The molecule has 0 atom stereocenters. The Balaban J connectivity index is 1.87. The number of esters is 1. The third kappa shape index (κ3) is 4.04. The monoisotopic (exact) mass is 443 g/mol. The number of hydrogen-bond acceptors (Lipinski definition) is 9. The number of hydrogen-bond donors (Lipinski definition) is 1. The molecule has 0 radical (unpaired) electrons. The molecule has 0 bridgehead atoms. The van der Waals surface area contributed by atoms with Crippen LogP contribution in [0.1, 0.15) is 34.2 Å². The fourth-order valence-corrected chi connectivity index (χ4v) is 3.41. The van der Waals surface area contributed by atoms with Gasteiger partial charge in [0, 0.05) is 11.6 Å². The van der Waals surface area contributed by atoms with E-state index in [9.17, 15) is 10.1 Å². The molecule has 0 amide bonds. The first-order valence-electron chi connectivity index (χ1n) is 10.2. The number of nitrogens with one attached hydrogen (secondary N) is 1. The Kier molecular flexibility index (Phi) is 5.87. The van der Waals surface area contributed by atoms with Crippen LogP contribution in [0, 0.1) is 25.2 Å². The number of benzene rings is 1. The number of ether oxygens (including phenoxy) is 2. The standard InChI is InChI=1S/C23H21N7O3/c1-5-33-23(31)17-12-25-14(3)27-21(17)29-22-15(10-24)11-26-30(22)19-9-13(2)16-7-6-8-18(32-4)20(16)28-19/h6-9,11-12H,5H2,1-4H3,(H,25,27,29). The summed E-state index contributed by atoms with van der Waals surface area (Å²) in [5, 5.41) is 18.0. The van der Waals surface area contributed by atoms with Crippen LogP contribution in [0.2, 0.25) is 0 Å². The van der Waals surface area contributed by atoms with Crippen molar-refractivity contribution in [1.29, 1.82) is 5.26 Å². The highest BCUT2D eigenvalue weighted by Crippen LogP contribution is 2.30. The number of fused-ring (bicyclic) bond motifs is 1. The lowest BCUT2D eigenvalue weighted by molar-refractivity contribution is 0.0526. The molecular formula is C23H21N7O3. The number of carbonyl (C=O) groups is 1. The minimum atomic E-state index is -0.575. The Hall–Kier alpha value is -4.52. The van der Waals surface area contributed by atoms with Gasteiger partial charge >= 0.3 is 5.97 Å². The Morgan fingerprint density at radius 2 is 2.06 bits per heavy atom. The number of para-hydroxylation sites is 1. The Morgan fingerprint density at radius 1 is 1.24 bits per heavy atom. The van der Waals surface area contributed by atoms with E-state index in [0.29, 0.717) is 28.7 Å². The fourth-order valence-electron chi connectivity index (χ4n) is 3.41. The number of nitrogens with zero attached hydrogens (tertiary/aromatic N) is 6. The summed E-state index contributed by atoms with van der Waals surface area (Å²) in [5.41, 5.74) is 2.02. The highest BCUT2D eigenvalue weighted by atomic mass is 16.5. The van der Waals surface area contributed by atoms with Crippen molar-refractivity contribution in [3.8, 4) is 17.6 Å². The molecule has 0 aliphatic carbocycles. The summed E-state index contributed by atoms with van der Waals surface area (Å²) in [6.45, 7) is 5.57. The SMILES string of the molecule is CCOC(=O)c1cnc(C)nc1Nc1c(C#N)cnn1-c1cc(C)c2cccc(OC)c2n1. The first-order valence-corrected chi connectivity index (χ1v) is 10.2. The molecule has 4 rings (SSSR count). The zero-order valence-corrected chi connectivity index (χ0v) is 18.6. The molecule has 1 N–H and O–H groups in total. The van der Waals surface area contributed by atoms with Crippen LogP contribution in [-0.2, 0) is 4.74 Å². The minimum absolute atomic E-state index is 0.142. The quantitative estimate of drug-likeness (QED) is 0.444. The van der Waals surface area contributed by atoms with Crippen molar-refractivity contribution in [3.05, 3.63) is 59.2 Å². The second-order valence-electron chi connectivity index (χ2n) is 7.11. The van der Waals surface area contributed by atoms with Crippen LogP contribution < -0.4 is 10.1 Å². The zero-order chi connectivity index (χ0) is 23.5. The first kappa shape index (κ1) is 21.7. The maximum Gasteiger partial charge on any atom is 0.343 e.